The first-order valence-corrected chi connectivity index (χ1v) is 22.6. The third kappa shape index (κ3) is 14.0. The van der Waals surface area contributed by atoms with Gasteiger partial charge < -0.3 is 130 Å². The highest BCUT2D eigenvalue weighted by atomic mass is 16.8. The third-order valence-corrected chi connectivity index (χ3v) is 12.2. The summed E-state index contributed by atoms with van der Waals surface area (Å²) in [5.74, 6) is -6.30. The van der Waals surface area contributed by atoms with Crippen LogP contribution in [0, 0.1) is 0 Å². The van der Waals surface area contributed by atoms with Gasteiger partial charge in [-0.3, -0.25) is 14.4 Å². The predicted molar refractivity (Wildman–Crippen MR) is 225 cm³/mol. The first-order valence-electron chi connectivity index (χ1n) is 22.6. The van der Waals surface area contributed by atoms with Crippen LogP contribution < -0.4 is 16.0 Å². The van der Waals surface area contributed by atoms with Crippen LogP contribution in [0.4, 0.5) is 0 Å². The van der Waals surface area contributed by atoms with Crippen molar-refractivity contribution in [2.45, 2.75) is 181 Å². The van der Waals surface area contributed by atoms with Crippen molar-refractivity contribution < 1.29 is 138 Å². The van der Waals surface area contributed by atoms with E-state index in [1.165, 1.54) is 0 Å². The molecule has 0 aromatic rings. The van der Waals surface area contributed by atoms with E-state index >= 15 is 0 Å². The summed E-state index contributed by atoms with van der Waals surface area (Å²) in [6.45, 7) is -0.0765. The average Bonchev–Trinajstić information content (AvgIpc) is 3.33. The zero-order valence-electron chi connectivity index (χ0n) is 39.0. The van der Waals surface area contributed by atoms with E-state index in [1.54, 1.807) is 0 Å². The van der Waals surface area contributed by atoms with Crippen molar-refractivity contribution in [3.8, 4) is 0 Å². The molecule has 5 aliphatic rings. The van der Waals surface area contributed by atoms with Crippen LogP contribution in [0.3, 0.4) is 0 Å². The third-order valence-electron chi connectivity index (χ3n) is 12.2. The molecule has 25 atom stereocenters. The van der Waals surface area contributed by atoms with Crippen LogP contribution in [0.1, 0.15) is 27.2 Å². The van der Waals surface area contributed by atoms with Crippen LogP contribution in [-0.4, -0.2) is 282 Å². The molecule has 0 radical (unpaired) electrons. The quantitative estimate of drug-likeness (QED) is 0.0220. The zero-order chi connectivity index (χ0) is 54.2. The van der Waals surface area contributed by atoms with Crippen LogP contribution in [0.15, 0.2) is 5.11 Å². The van der Waals surface area contributed by atoms with Crippen molar-refractivity contribution >= 4 is 29.7 Å². The van der Waals surface area contributed by atoms with Crippen molar-refractivity contribution in [3.63, 3.8) is 0 Å². The molecular formula is C39H62N6O28. The van der Waals surface area contributed by atoms with E-state index < -0.39 is 203 Å². The predicted octanol–water partition coefficient (Wildman–Crippen LogP) is -9.58. The molecular weight excluding hydrogens is 1000 g/mol. The number of hydrogen-bond donors (Lipinski definition) is 16. The number of azide groups is 1. The van der Waals surface area contributed by atoms with E-state index in [0.717, 1.165) is 20.8 Å². The SMILES string of the molecule is CC(=O)N[C@H]1[C@H](O[C@H]2[C@H](O)[C@@H](O)[C@H](O[C@H]3[C@H](O)[C@@H](CO)O[C@@H](O[C@H]4[C@H](O)[C@@H](O)[C@H](O[C@H]5[C@H](O)[C@@H](CO)O[C@@H](OCCCN=[N+]=[N-])[C@@H]5NC(C)=O)O[C@@H]4C(=O)O)[C@@H]3NC(C)=O)O[C@@H]2C(=O)O)O[C@H](CO)[C@@H](O)[C@@H]1O. The molecule has 34 heteroatoms. The van der Waals surface area contributed by atoms with Crippen molar-refractivity contribution in [1.82, 2.24) is 16.0 Å². The number of hydrogen-bond acceptors (Lipinski definition) is 27. The van der Waals surface area contributed by atoms with Gasteiger partial charge in [0.05, 0.1) is 19.8 Å². The lowest BCUT2D eigenvalue weighted by Gasteiger charge is -2.50. The van der Waals surface area contributed by atoms with E-state index in [2.05, 4.69) is 26.0 Å². The molecule has 0 aliphatic carbocycles. The Hall–Kier alpha value is -4.18. The first kappa shape index (κ1) is 59.7. The molecule has 0 bridgehead atoms. The zero-order valence-corrected chi connectivity index (χ0v) is 39.0. The van der Waals surface area contributed by atoms with E-state index in [0.29, 0.717) is 0 Å². The van der Waals surface area contributed by atoms with Gasteiger partial charge in [-0.15, -0.1) is 0 Å². The molecule has 0 aromatic heterocycles. The van der Waals surface area contributed by atoms with Gasteiger partial charge in [-0.25, -0.2) is 9.59 Å². The molecule has 5 heterocycles. The molecule has 16 N–H and O–H groups in total. The monoisotopic (exact) mass is 1060 g/mol. The molecule has 5 aliphatic heterocycles. The minimum atomic E-state index is -2.39. The maximum absolute atomic E-state index is 12.8. The minimum Gasteiger partial charge on any atom is -0.479 e. The van der Waals surface area contributed by atoms with Gasteiger partial charge in [-0.05, 0) is 12.0 Å². The molecule has 73 heavy (non-hydrogen) atoms. The van der Waals surface area contributed by atoms with Crippen molar-refractivity contribution in [2.24, 2.45) is 5.11 Å². The fourth-order valence-corrected chi connectivity index (χ4v) is 8.68. The summed E-state index contributed by atoms with van der Waals surface area (Å²) in [7, 11) is 0. The van der Waals surface area contributed by atoms with Crippen LogP contribution in [0.5, 0.6) is 0 Å². The Balaban J connectivity index is 1.39. The van der Waals surface area contributed by atoms with Gasteiger partial charge in [-0.2, -0.15) is 0 Å². The molecule has 0 unspecified atom stereocenters. The summed E-state index contributed by atoms with van der Waals surface area (Å²) >= 11 is 0. The Bertz CT molecular complexity index is 1930. The standard InChI is InChI=1S/C39H62N6O28/c1-10(49)42-16-22(55)19(52)13(7-46)66-36(16)70-29-23(56)25(58)39(72-31(29)33(60)61)69-28-18(44-12(3)51)37(67-15(9-48)21(28)54)71-30-24(57)26(59)38(73-32(30)34(62)63)68-27-17(43-11(2)50)35(64-6-4-5-41-45-40)65-14(8-47)20(27)53/h13-32,35-39,46-48,52-59H,4-9H2,1-3H3,(H,42,49)(H,43,50)(H,44,51)(H,60,61)(H,62,63)/t13-,14-,15-,16-,17-,18-,19-,20-,21-,22-,23-,24-,25-,26-,27-,28-,29+,30+,31+,32+,35-,36+,37+,38-,39-/m1/s1. The average molecular weight is 1060 g/mol. The number of rotatable bonds is 21. The van der Waals surface area contributed by atoms with Gasteiger partial charge in [0.15, 0.2) is 43.7 Å². The normalized spacial score (nSPS) is 43.0. The largest absolute Gasteiger partial charge is 0.479 e. The second-order valence-electron chi connectivity index (χ2n) is 17.4. The summed E-state index contributed by atoms with van der Waals surface area (Å²) < 4.78 is 56.6. The fraction of sp³-hybridized carbons (Fsp3) is 0.872. The number of carboxylic acid groups (broad SMARTS) is 2. The topological polar surface area (TPSA) is 525 Å². The molecule has 416 valence electrons. The summed E-state index contributed by atoms with van der Waals surface area (Å²) in [6.07, 6.45) is -45.0. The first-order chi connectivity index (χ1) is 34.5. The van der Waals surface area contributed by atoms with Crippen molar-refractivity contribution in [2.75, 3.05) is 33.0 Å². The van der Waals surface area contributed by atoms with Crippen LogP contribution in [0.2, 0.25) is 0 Å². The fourth-order valence-electron chi connectivity index (χ4n) is 8.68. The van der Waals surface area contributed by atoms with Crippen molar-refractivity contribution in [3.05, 3.63) is 10.4 Å². The number of carboxylic acids is 2. The van der Waals surface area contributed by atoms with Crippen LogP contribution in [0.25, 0.3) is 10.4 Å². The number of amides is 3. The molecule has 5 fully saturated rings. The number of nitrogens with zero attached hydrogens (tertiary/aromatic N) is 3. The Morgan fingerprint density at radius 1 is 0.493 bits per heavy atom. The number of aliphatic hydroxyl groups excluding tert-OH is 11. The highest BCUT2D eigenvalue weighted by molar-refractivity contribution is 5.75. The molecule has 5 rings (SSSR count). The lowest BCUT2D eigenvalue weighted by atomic mass is 9.93. The Labute approximate surface area is 412 Å². The maximum Gasteiger partial charge on any atom is 0.335 e. The Morgan fingerprint density at radius 3 is 1.26 bits per heavy atom. The van der Waals surface area contributed by atoms with E-state index in [1.807, 2.05) is 0 Å². The van der Waals surface area contributed by atoms with Gasteiger partial charge in [-0.1, -0.05) is 5.11 Å². The van der Waals surface area contributed by atoms with Gasteiger partial charge in [0.1, 0.15) is 110 Å². The highest BCUT2D eigenvalue weighted by Crippen LogP contribution is 2.36. The van der Waals surface area contributed by atoms with E-state index in [9.17, 15) is 90.4 Å². The lowest BCUT2D eigenvalue weighted by Crippen LogP contribution is -2.71. The summed E-state index contributed by atoms with van der Waals surface area (Å²) in [6, 6.07) is -5.08. The van der Waals surface area contributed by atoms with Crippen molar-refractivity contribution in [1.29, 1.82) is 0 Å². The Morgan fingerprint density at radius 2 is 0.863 bits per heavy atom. The van der Waals surface area contributed by atoms with Gasteiger partial charge in [0.2, 0.25) is 17.7 Å². The number of carbonyl (C=O) groups is 5. The van der Waals surface area contributed by atoms with E-state index in [4.69, 9.17) is 52.9 Å². The van der Waals surface area contributed by atoms with E-state index in [-0.39, 0.29) is 19.6 Å². The lowest BCUT2D eigenvalue weighted by molar-refractivity contribution is -0.374. The molecule has 0 spiro atoms. The summed E-state index contributed by atoms with van der Waals surface area (Å²) in [5, 5.41) is 150. The second-order valence-corrected chi connectivity index (χ2v) is 17.4. The van der Waals surface area contributed by atoms with Gasteiger partial charge >= 0.3 is 11.9 Å². The number of aliphatic carboxylic acids is 2. The smallest absolute Gasteiger partial charge is 0.335 e. The number of nitrogens with one attached hydrogen (secondary N) is 3. The molecule has 34 nitrogen and oxygen atoms in total. The minimum absolute atomic E-state index is 0.0194. The number of carbonyl (C=O) groups excluding carboxylic acids is 3. The molecule has 0 aromatic carbocycles. The second kappa shape index (κ2) is 26.5. The van der Waals surface area contributed by atoms with Gasteiger partial charge in [0, 0.05) is 38.8 Å². The molecule has 3 amide bonds. The molecule has 0 saturated carbocycles. The number of aliphatic hydroxyl groups is 11. The van der Waals surface area contributed by atoms with Crippen LogP contribution in [-0.2, 0) is 71.3 Å². The maximum atomic E-state index is 12.8. The summed E-state index contributed by atoms with van der Waals surface area (Å²) in [4.78, 5) is 65.1. The van der Waals surface area contributed by atoms with Gasteiger partial charge in [0.25, 0.3) is 0 Å². The highest BCUT2D eigenvalue weighted by Gasteiger charge is 2.59. The Kier molecular flexibility index (Phi) is 21.7. The van der Waals surface area contributed by atoms with Crippen LogP contribution >= 0.6 is 0 Å². The molecule has 5 saturated heterocycles. The summed E-state index contributed by atoms with van der Waals surface area (Å²) in [5.41, 5.74) is 8.57. The number of ether oxygens (including phenoxy) is 10.